The van der Waals surface area contributed by atoms with Crippen molar-refractivity contribution in [3.05, 3.63) is 40.5 Å². The second kappa shape index (κ2) is 6.78. The van der Waals surface area contributed by atoms with Crippen molar-refractivity contribution in [1.82, 2.24) is 0 Å². The van der Waals surface area contributed by atoms with Crippen LogP contribution in [-0.4, -0.2) is 17.4 Å². The van der Waals surface area contributed by atoms with Gasteiger partial charge in [-0.1, -0.05) is 38.6 Å². The molecule has 0 aliphatic carbocycles. The minimum absolute atomic E-state index is 0.0201. The molecule has 0 radical (unpaired) electrons. The third kappa shape index (κ3) is 3.71. The zero-order valence-electron chi connectivity index (χ0n) is 11.5. The molecule has 104 valence electrons. The van der Waals surface area contributed by atoms with Gasteiger partial charge in [-0.15, -0.1) is 0 Å². The van der Waals surface area contributed by atoms with Gasteiger partial charge in [0, 0.05) is 12.0 Å². The Bertz CT molecular complexity index is 529. The molecule has 0 saturated heterocycles. The Morgan fingerprint density at radius 3 is 2.79 bits per heavy atom. The van der Waals surface area contributed by atoms with Crippen LogP contribution in [0, 0.1) is 0 Å². The van der Waals surface area contributed by atoms with E-state index in [0.29, 0.717) is 17.9 Å². The lowest BCUT2D eigenvalue weighted by Crippen LogP contribution is -2.16. The maximum atomic E-state index is 11.9. The van der Waals surface area contributed by atoms with Crippen molar-refractivity contribution in [3.63, 3.8) is 0 Å². The average molecular weight is 265 g/mol. The first kappa shape index (κ1) is 15.0. The summed E-state index contributed by atoms with van der Waals surface area (Å²) in [6.45, 7) is 9.29. The van der Waals surface area contributed by atoms with Crippen LogP contribution in [-0.2, 0) is 4.84 Å². The highest BCUT2D eigenvalue weighted by Crippen LogP contribution is 2.22. The first-order valence-electron chi connectivity index (χ1n) is 6.18. The Kier molecular flexibility index (Phi) is 5.36. The van der Waals surface area contributed by atoms with Crippen molar-refractivity contribution >= 4 is 5.71 Å². The van der Waals surface area contributed by atoms with Crippen LogP contribution in [0.2, 0.25) is 0 Å². The van der Waals surface area contributed by atoms with Crippen LogP contribution in [0.1, 0.15) is 44.4 Å². The van der Waals surface area contributed by atoms with Crippen molar-refractivity contribution in [2.75, 3.05) is 6.61 Å². The standard InChI is InChI=1S/C14H19NO4/c1-5-7-18-15-10(6-2)13-11(16)8-12(9(3)4)19-14(13)17/h5,8-9,16H,1,6-7H2,2-4H3. The van der Waals surface area contributed by atoms with Crippen LogP contribution in [0.25, 0.3) is 0 Å². The Morgan fingerprint density at radius 2 is 2.32 bits per heavy atom. The molecule has 0 aliphatic rings. The summed E-state index contributed by atoms with van der Waals surface area (Å²) >= 11 is 0. The Hall–Kier alpha value is -2.04. The molecule has 0 saturated carbocycles. The number of aromatic hydroxyl groups is 1. The van der Waals surface area contributed by atoms with E-state index in [4.69, 9.17) is 9.25 Å². The molecule has 5 heteroatoms. The second-order valence-corrected chi connectivity index (χ2v) is 4.33. The lowest BCUT2D eigenvalue weighted by molar-refractivity contribution is 0.174. The maximum absolute atomic E-state index is 11.9. The van der Waals surface area contributed by atoms with E-state index in [9.17, 15) is 9.90 Å². The summed E-state index contributed by atoms with van der Waals surface area (Å²) in [4.78, 5) is 16.9. The van der Waals surface area contributed by atoms with Gasteiger partial charge in [-0.25, -0.2) is 4.79 Å². The largest absolute Gasteiger partial charge is 0.507 e. The highest BCUT2D eigenvalue weighted by Gasteiger charge is 2.17. The lowest BCUT2D eigenvalue weighted by atomic mass is 10.1. The van der Waals surface area contributed by atoms with Crippen LogP contribution in [0.15, 0.2) is 33.1 Å². The molecule has 0 atom stereocenters. The molecule has 1 aromatic heterocycles. The molecule has 1 aromatic rings. The SMILES string of the molecule is C=CCON=C(CC)c1c(O)cc(C(C)C)oc1=O. The smallest absolute Gasteiger partial charge is 0.349 e. The fourth-order valence-electron chi connectivity index (χ4n) is 1.50. The summed E-state index contributed by atoms with van der Waals surface area (Å²) in [6.07, 6.45) is 1.98. The second-order valence-electron chi connectivity index (χ2n) is 4.33. The molecule has 1 rings (SSSR count). The molecule has 5 nitrogen and oxygen atoms in total. The predicted molar refractivity (Wildman–Crippen MR) is 73.7 cm³/mol. The summed E-state index contributed by atoms with van der Waals surface area (Å²) in [5.74, 6) is 0.322. The number of rotatable bonds is 6. The highest BCUT2D eigenvalue weighted by atomic mass is 16.6. The van der Waals surface area contributed by atoms with Crippen molar-refractivity contribution in [1.29, 1.82) is 0 Å². The Morgan fingerprint density at radius 1 is 1.63 bits per heavy atom. The van der Waals surface area contributed by atoms with Crippen LogP contribution in [0.3, 0.4) is 0 Å². The van der Waals surface area contributed by atoms with Crippen LogP contribution in [0.5, 0.6) is 5.75 Å². The van der Waals surface area contributed by atoms with Gasteiger partial charge in [-0.05, 0) is 6.42 Å². The molecular weight excluding hydrogens is 246 g/mol. The number of hydrogen-bond acceptors (Lipinski definition) is 5. The van der Waals surface area contributed by atoms with E-state index in [0.717, 1.165) is 0 Å². The third-order valence-corrected chi connectivity index (χ3v) is 2.51. The van der Waals surface area contributed by atoms with Crippen molar-refractivity contribution < 1.29 is 14.4 Å². The number of hydrogen-bond donors (Lipinski definition) is 1. The third-order valence-electron chi connectivity index (χ3n) is 2.51. The number of nitrogens with zero attached hydrogens (tertiary/aromatic N) is 1. The molecule has 19 heavy (non-hydrogen) atoms. The minimum Gasteiger partial charge on any atom is -0.507 e. The normalized spacial score (nSPS) is 11.7. The predicted octanol–water partition coefficient (Wildman–Crippen LogP) is 2.79. The molecule has 0 spiro atoms. The van der Waals surface area contributed by atoms with Crippen molar-refractivity contribution in [2.24, 2.45) is 5.16 Å². The van der Waals surface area contributed by atoms with Crippen molar-refractivity contribution in [2.45, 2.75) is 33.1 Å². The minimum atomic E-state index is -0.605. The van der Waals surface area contributed by atoms with Gasteiger partial charge in [0.1, 0.15) is 23.7 Å². The molecular formula is C14H19NO4. The van der Waals surface area contributed by atoms with Gasteiger partial charge >= 0.3 is 5.63 Å². The molecule has 0 bridgehead atoms. The van der Waals surface area contributed by atoms with Gasteiger partial charge in [0.2, 0.25) is 0 Å². The monoisotopic (exact) mass is 265 g/mol. The molecule has 0 unspecified atom stereocenters. The fourth-order valence-corrected chi connectivity index (χ4v) is 1.50. The van der Waals surface area contributed by atoms with E-state index < -0.39 is 5.63 Å². The molecule has 0 aromatic carbocycles. The first-order chi connectivity index (χ1) is 9.01. The van der Waals surface area contributed by atoms with Gasteiger partial charge in [-0.2, -0.15) is 0 Å². The Balaban J connectivity index is 3.22. The molecule has 1 N–H and O–H groups in total. The zero-order valence-corrected chi connectivity index (χ0v) is 11.5. The van der Waals surface area contributed by atoms with E-state index >= 15 is 0 Å². The van der Waals surface area contributed by atoms with E-state index in [2.05, 4.69) is 11.7 Å². The van der Waals surface area contributed by atoms with Crippen LogP contribution >= 0.6 is 0 Å². The van der Waals surface area contributed by atoms with Gasteiger partial charge in [0.05, 0.1) is 5.71 Å². The Labute approximate surface area is 112 Å². The van der Waals surface area contributed by atoms with Gasteiger partial charge in [0.25, 0.3) is 0 Å². The van der Waals surface area contributed by atoms with Crippen molar-refractivity contribution in [3.8, 4) is 5.75 Å². The average Bonchev–Trinajstić information content (AvgIpc) is 2.35. The lowest BCUT2D eigenvalue weighted by Gasteiger charge is -2.08. The van der Waals surface area contributed by atoms with E-state index in [1.54, 1.807) is 6.08 Å². The molecule has 0 fully saturated rings. The molecule has 1 heterocycles. The van der Waals surface area contributed by atoms with Gasteiger partial charge in [0.15, 0.2) is 0 Å². The zero-order chi connectivity index (χ0) is 14.4. The maximum Gasteiger partial charge on any atom is 0.349 e. The summed E-state index contributed by atoms with van der Waals surface area (Å²) in [5.41, 5.74) is -0.203. The quantitative estimate of drug-likeness (QED) is 0.371. The van der Waals surface area contributed by atoms with E-state index in [1.807, 2.05) is 20.8 Å². The van der Waals surface area contributed by atoms with Gasteiger partial charge < -0.3 is 14.4 Å². The topological polar surface area (TPSA) is 72.0 Å². The summed E-state index contributed by atoms with van der Waals surface area (Å²) in [6, 6.07) is 1.44. The molecule has 0 aliphatic heterocycles. The van der Waals surface area contributed by atoms with E-state index in [-0.39, 0.29) is 23.8 Å². The fraction of sp³-hybridized carbons (Fsp3) is 0.429. The highest BCUT2D eigenvalue weighted by molar-refractivity contribution is 6.01. The van der Waals surface area contributed by atoms with E-state index in [1.165, 1.54) is 6.07 Å². The molecule has 0 amide bonds. The summed E-state index contributed by atoms with van der Waals surface area (Å²) < 4.78 is 5.17. The van der Waals surface area contributed by atoms with Crippen LogP contribution < -0.4 is 5.63 Å². The summed E-state index contributed by atoms with van der Waals surface area (Å²) in [5, 5.41) is 13.8. The number of oxime groups is 1. The summed E-state index contributed by atoms with van der Waals surface area (Å²) in [7, 11) is 0. The van der Waals surface area contributed by atoms with Crippen LogP contribution in [0.4, 0.5) is 0 Å². The first-order valence-corrected chi connectivity index (χ1v) is 6.18. The van der Waals surface area contributed by atoms with Gasteiger partial charge in [-0.3, -0.25) is 0 Å².